The van der Waals surface area contributed by atoms with Crippen molar-refractivity contribution in [2.75, 3.05) is 0 Å². The summed E-state index contributed by atoms with van der Waals surface area (Å²) in [7, 11) is 0. The van der Waals surface area contributed by atoms with Crippen LogP contribution < -0.4 is 0 Å². The Kier molecular flexibility index (Phi) is 13.1. The summed E-state index contributed by atoms with van der Waals surface area (Å²) in [6.07, 6.45) is 15.5. The molecule has 100 valence electrons. The third-order valence-electron chi connectivity index (χ3n) is 3.60. The molecular formula is C16H31N. The topological polar surface area (TPSA) is 23.8 Å². The van der Waals surface area contributed by atoms with E-state index < -0.39 is 0 Å². The third kappa shape index (κ3) is 11.7. The lowest BCUT2D eigenvalue weighted by atomic mass is 9.91. The number of nitriles is 1. The van der Waals surface area contributed by atoms with Gasteiger partial charge >= 0.3 is 0 Å². The Labute approximate surface area is 109 Å². The number of hydrogen-bond acceptors (Lipinski definition) is 1. The van der Waals surface area contributed by atoms with Crippen molar-refractivity contribution >= 4 is 0 Å². The molecule has 0 aromatic rings. The van der Waals surface area contributed by atoms with Crippen LogP contribution in [-0.2, 0) is 0 Å². The van der Waals surface area contributed by atoms with Gasteiger partial charge in [0.25, 0.3) is 0 Å². The minimum absolute atomic E-state index is 0.756. The quantitative estimate of drug-likeness (QED) is 0.391. The van der Waals surface area contributed by atoms with Crippen LogP contribution in [0.5, 0.6) is 0 Å². The van der Waals surface area contributed by atoms with E-state index in [4.69, 9.17) is 5.26 Å². The van der Waals surface area contributed by atoms with E-state index in [0.29, 0.717) is 0 Å². The van der Waals surface area contributed by atoms with Gasteiger partial charge in [-0.3, -0.25) is 0 Å². The summed E-state index contributed by atoms with van der Waals surface area (Å²) in [5, 5.41) is 8.68. The molecule has 1 heteroatoms. The molecule has 0 N–H and O–H groups in total. The SMILES string of the molecule is CCCCCCC(CCC#N)CCCCCC. The Balaban J connectivity index is 3.60. The van der Waals surface area contributed by atoms with E-state index >= 15 is 0 Å². The molecule has 0 atom stereocenters. The van der Waals surface area contributed by atoms with E-state index in [1.54, 1.807) is 0 Å². The molecule has 0 aromatic heterocycles. The van der Waals surface area contributed by atoms with Crippen LogP contribution in [0.3, 0.4) is 0 Å². The van der Waals surface area contributed by atoms with Gasteiger partial charge in [0.15, 0.2) is 0 Å². The van der Waals surface area contributed by atoms with Gasteiger partial charge in [-0.05, 0) is 12.3 Å². The first kappa shape index (κ1) is 16.5. The molecular weight excluding hydrogens is 206 g/mol. The molecule has 0 saturated heterocycles. The molecule has 0 aliphatic heterocycles. The third-order valence-corrected chi connectivity index (χ3v) is 3.60. The summed E-state index contributed by atoms with van der Waals surface area (Å²) in [6, 6.07) is 2.30. The molecule has 0 spiro atoms. The van der Waals surface area contributed by atoms with Gasteiger partial charge in [0, 0.05) is 6.42 Å². The highest BCUT2D eigenvalue weighted by atomic mass is 14.2. The Morgan fingerprint density at radius 3 is 1.71 bits per heavy atom. The molecule has 0 radical (unpaired) electrons. The number of nitrogens with zero attached hydrogens (tertiary/aromatic N) is 1. The average molecular weight is 237 g/mol. The summed E-state index contributed by atoms with van der Waals surface area (Å²) < 4.78 is 0. The molecule has 0 rings (SSSR count). The Morgan fingerprint density at radius 1 is 0.765 bits per heavy atom. The van der Waals surface area contributed by atoms with E-state index in [1.807, 2.05) is 0 Å². The highest BCUT2D eigenvalue weighted by molar-refractivity contribution is 4.72. The zero-order chi connectivity index (χ0) is 12.8. The van der Waals surface area contributed by atoms with Gasteiger partial charge in [-0.2, -0.15) is 5.26 Å². The van der Waals surface area contributed by atoms with E-state index in [1.165, 1.54) is 64.2 Å². The second-order valence-electron chi connectivity index (χ2n) is 5.26. The van der Waals surface area contributed by atoms with Crippen LogP contribution in [0.1, 0.15) is 90.9 Å². The fourth-order valence-corrected chi connectivity index (χ4v) is 2.42. The molecule has 0 fully saturated rings. The van der Waals surface area contributed by atoms with E-state index in [2.05, 4.69) is 19.9 Å². The highest BCUT2D eigenvalue weighted by Gasteiger charge is 2.07. The summed E-state index contributed by atoms with van der Waals surface area (Å²) >= 11 is 0. The van der Waals surface area contributed by atoms with Crippen molar-refractivity contribution in [2.24, 2.45) is 5.92 Å². The first-order valence-electron chi connectivity index (χ1n) is 7.72. The lowest BCUT2D eigenvalue weighted by molar-refractivity contribution is 0.386. The zero-order valence-corrected chi connectivity index (χ0v) is 12.0. The molecule has 17 heavy (non-hydrogen) atoms. The van der Waals surface area contributed by atoms with E-state index in [-0.39, 0.29) is 0 Å². The first-order chi connectivity index (χ1) is 8.35. The molecule has 0 amide bonds. The standard InChI is InChI=1S/C16H31N/c1-3-5-7-9-12-16(14-11-15-17)13-10-8-6-4-2/h16H,3-14H2,1-2H3. The second-order valence-corrected chi connectivity index (χ2v) is 5.26. The van der Waals surface area contributed by atoms with Gasteiger partial charge in [-0.15, -0.1) is 0 Å². The van der Waals surface area contributed by atoms with Gasteiger partial charge in [0.05, 0.1) is 6.07 Å². The van der Waals surface area contributed by atoms with Crippen molar-refractivity contribution in [1.82, 2.24) is 0 Å². The van der Waals surface area contributed by atoms with Crippen molar-refractivity contribution in [1.29, 1.82) is 5.26 Å². The summed E-state index contributed by atoms with van der Waals surface area (Å²) in [4.78, 5) is 0. The maximum atomic E-state index is 8.68. The maximum Gasteiger partial charge on any atom is 0.0621 e. The van der Waals surface area contributed by atoms with Crippen molar-refractivity contribution in [3.8, 4) is 6.07 Å². The van der Waals surface area contributed by atoms with Gasteiger partial charge in [0.2, 0.25) is 0 Å². The van der Waals surface area contributed by atoms with E-state index in [0.717, 1.165) is 18.8 Å². The lowest BCUT2D eigenvalue weighted by Gasteiger charge is -2.15. The predicted octanol–water partition coefficient (Wildman–Crippen LogP) is 5.85. The van der Waals surface area contributed by atoms with Crippen molar-refractivity contribution in [3.05, 3.63) is 0 Å². The summed E-state index contributed by atoms with van der Waals surface area (Å²) in [5.41, 5.74) is 0. The minimum Gasteiger partial charge on any atom is -0.198 e. The second kappa shape index (κ2) is 13.6. The van der Waals surface area contributed by atoms with Crippen LogP contribution >= 0.6 is 0 Å². The summed E-state index contributed by atoms with van der Waals surface area (Å²) in [5.74, 6) is 0.823. The normalized spacial score (nSPS) is 10.7. The lowest BCUT2D eigenvalue weighted by Crippen LogP contribution is -2.01. The molecule has 1 nitrogen and oxygen atoms in total. The average Bonchev–Trinajstić information content (AvgIpc) is 2.35. The van der Waals surface area contributed by atoms with Gasteiger partial charge < -0.3 is 0 Å². The molecule has 0 bridgehead atoms. The maximum absolute atomic E-state index is 8.68. The fraction of sp³-hybridized carbons (Fsp3) is 0.938. The van der Waals surface area contributed by atoms with Crippen molar-refractivity contribution in [3.63, 3.8) is 0 Å². The van der Waals surface area contributed by atoms with Crippen LogP contribution in [0.25, 0.3) is 0 Å². The number of unbranched alkanes of at least 4 members (excludes halogenated alkanes) is 6. The molecule has 0 aromatic carbocycles. The van der Waals surface area contributed by atoms with Crippen molar-refractivity contribution in [2.45, 2.75) is 90.9 Å². The molecule has 0 unspecified atom stereocenters. The Bertz CT molecular complexity index is 168. The number of hydrogen-bond donors (Lipinski definition) is 0. The van der Waals surface area contributed by atoms with Gasteiger partial charge in [0.1, 0.15) is 0 Å². The summed E-state index contributed by atoms with van der Waals surface area (Å²) in [6.45, 7) is 4.52. The van der Waals surface area contributed by atoms with Gasteiger partial charge in [-0.1, -0.05) is 78.1 Å². The Morgan fingerprint density at radius 2 is 1.29 bits per heavy atom. The van der Waals surface area contributed by atoms with Crippen LogP contribution in [0, 0.1) is 17.2 Å². The van der Waals surface area contributed by atoms with Crippen molar-refractivity contribution < 1.29 is 0 Å². The Hall–Kier alpha value is -0.510. The molecule has 0 heterocycles. The zero-order valence-electron chi connectivity index (χ0n) is 12.0. The van der Waals surface area contributed by atoms with E-state index in [9.17, 15) is 0 Å². The molecule has 0 aliphatic rings. The monoisotopic (exact) mass is 237 g/mol. The largest absolute Gasteiger partial charge is 0.198 e. The number of rotatable bonds is 12. The van der Waals surface area contributed by atoms with Crippen LogP contribution in [0.4, 0.5) is 0 Å². The van der Waals surface area contributed by atoms with Crippen LogP contribution in [0.2, 0.25) is 0 Å². The fourth-order valence-electron chi connectivity index (χ4n) is 2.42. The van der Waals surface area contributed by atoms with Crippen LogP contribution in [-0.4, -0.2) is 0 Å². The first-order valence-corrected chi connectivity index (χ1v) is 7.72. The predicted molar refractivity (Wildman–Crippen MR) is 75.9 cm³/mol. The molecule has 0 saturated carbocycles. The van der Waals surface area contributed by atoms with Gasteiger partial charge in [-0.25, -0.2) is 0 Å². The van der Waals surface area contributed by atoms with Crippen LogP contribution in [0.15, 0.2) is 0 Å². The minimum atomic E-state index is 0.756. The smallest absolute Gasteiger partial charge is 0.0621 e. The highest BCUT2D eigenvalue weighted by Crippen LogP contribution is 2.22. The molecule has 0 aliphatic carbocycles.